The molecule has 0 spiro atoms. The highest BCUT2D eigenvalue weighted by Gasteiger charge is 2.18. The molecule has 3 aromatic heterocycles. The van der Waals surface area contributed by atoms with Gasteiger partial charge in [-0.15, -0.1) is 0 Å². The minimum atomic E-state index is 0.464. The van der Waals surface area contributed by atoms with E-state index >= 15 is 0 Å². The van der Waals surface area contributed by atoms with E-state index in [0.717, 1.165) is 54.2 Å². The van der Waals surface area contributed by atoms with Gasteiger partial charge in [0, 0.05) is 23.2 Å². The molecule has 7 heteroatoms. The van der Waals surface area contributed by atoms with Gasteiger partial charge in [0.2, 0.25) is 0 Å². The Kier molecular flexibility index (Phi) is 5.16. The highest BCUT2D eigenvalue weighted by molar-refractivity contribution is 5.96. The summed E-state index contributed by atoms with van der Waals surface area (Å²) in [4.78, 5) is 13.9. The number of rotatable bonds is 4. The van der Waals surface area contributed by atoms with Crippen LogP contribution in [0.25, 0.3) is 17.0 Å². The lowest BCUT2D eigenvalue weighted by atomic mass is 9.93. The minimum absolute atomic E-state index is 0.464. The molecule has 0 aliphatic carbocycles. The molecule has 4 heterocycles. The van der Waals surface area contributed by atoms with E-state index in [0.29, 0.717) is 17.3 Å². The SMILES string of the molecule is C/C(=N\C(=C(/N)c1ccc2ncnn2c1)c1cccc(C)n1)C1CCNCC1. The lowest BCUT2D eigenvalue weighted by Crippen LogP contribution is -2.31. The first-order chi connectivity index (χ1) is 13.6. The second-order valence-corrected chi connectivity index (χ2v) is 7.18. The van der Waals surface area contributed by atoms with E-state index in [9.17, 15) is 0 Å². The van der Waals surface area contributed by atoms with Crippen molar-refractivity contribution in [3.05, 3.63) is 59.8 Å². The summed E-state index contributed by atoms with van der Waals surface area (Å²) >= 11 is 0. The predicted octanol–water partition coefficient (Wildman–Crippen LogP) is 2.68. The summed E-state index contributed by atoms with van der Waals surface area (Å²) in [6.07, 6.45) is 5.59. The topological polar surface area (TPSA) is 93.5 Å². The van der Waals surface area contributed by atoms with Crippen molar-refractivity contribution < 1.29 is 0 Å². The van der Waals surface area contributed by atoms with Crippen LogP contribution in [0.3, 0.4) is 0 Å². The average Bonchev–Trinajstić information content (AvgIpc) is 3.20. The van der Waals surface area contributed by atoms with E-state index in [1.54, 1.807) is 4.52 Å². The summed E-state index contributed by atoms with van der Waals surface area (Å²) in [5.74, 6) is 0.464. The maximum atomic E-state index is 6.62. The minimum Gasteiger partial charge on any atom is -0.396 e. The first-order valence-corrected chi connectivity index (χ1v) is 9.61. The maximum absolute atomic E-state index is 6.62. The smallest absolute Gasteiger partial charge is 0.155 e. The van der Waals surface area contributed by atoms with Gasteiger partial charge < -0.3 is 11.1 Å². The van der Waals surface area contributed by atoms with Crippen molar-refractivity contribution >= 4 is 22.8 Å². The fourth-order valence-electron chi connectivity index (χ4n) is 3.55. The molecular weight excluding hydrogens is 350 g/mol. The number of aliphatic imine (C=N–C) groups is 1. The Morgan fingerprint density at radius 2 is 2.04 bits per heavy atom. The number of nitrogens with one attached hydrogen (secondary N) is 1. The van der Waals surface area contributed by atoms with Gasteiger partial charge in [-0.1, -0.05) is 6.07 Å². The molecule has 0 amide bonds. The molecular formula is C21H25N7. The molecule has 28 heavy (non-hydrogen) atoms. The Hall–Kier alpha value is -3.06. The van der Waals surface area contributed by atoms with Crippen molar-refractivity contribution in [2.75, 3.05) is 13.1 Å². The number of hydrogen-bond acceptors (Lipinski definition) is 6. The van der Waals surface area contributed by atoms with Gasteiger partial charge >= 0.3 is 0 Å². The quantitative estimate of drug-likeness (QED) is 0.684. The monoisotopic (exact) mass is 375 g/mol. The summed E-state index contributed by atoms with van der Waals surface area (Å²) in [6.45, 7) is 6.12. The van der Waals surface area contributed by atoms with Gasteiger partial charge in [-0.05, 0) is 70.0 Å². The third kappa shape index (κ3) is 3.80. The standard InChI is InChI=1S/C21H25N7/c1-14-4-3-5-18(26-14)21(27-15(2)16-8-10-23-11-9-16)20(22)17-6-7-19-24-13-25-28(19)12-17/h3-7,12-13,16,23H,8-11,22H2,1-2H3/b21-20-,27-15+. The van der Waals surface area contributed by atoms with E-state index in [1.807, 2.05) is 43.5 Å². The average molecular weight is 375 g/mol. The lowest BCUT2D eigenvalue weighted by molar-refractivity contribution is 0.455. The zero-order chi connectivity index (χ0) is 19.5. The number of piperidine rings is 1. The van der Waals surface area contributed by atoms with E-state index < -0.39 is 0 Å². The molecule has 3 N–H and O–H groups in total. The second-order valence-electron chi connectivity index (χ2n) is 7.18. The third-order valence-corrected chi connectivity index (χ3v) is 5.19. The van der Waals surface area contributed by atoms with Crippen LogP contribution in [0.15, 0.2) is 47.8 Å². The molecule has 3 aromatic rings. The molecule has 4 rings (SSSR count). The number of pyridine rings is 2. The molecule has 1 fully saturated rings. The normalized spacial score (nSPS) is 17.0. The first-order valence-electron chi connectivity index (χ1n) is 9.61. The van der Waals surface area contributed by atoms with E-state index in [4.69, 9.17) is 10.7 Å². The Bertz CT molecular complexity index is 1040. The highest BCUT2D eigenvalue weighted by atomic mass is 15.3. The Morgan fingerprint density at radius 3 is 2.82 bits per heavy atom. The van der Waals surface area contributed by atoms with Crippen LogP contribution in [0.1, 0.15) is 36.7 Å². The number of fused-ring (bicyclic) bond motifs is 1. The zero-order valence-electron chi connectivity index (χ0n) is 16.3. The van der Waals surface area contributed by atoms with Gasteiger partial charge in [-0.3, -0.25) is 9.98 Å². The lowest BCUT2D eigenvalue weighted by Gasteiger charge is -2.23. The fourth-order valence-corrected chi connectivity index (χ4v) is 3.55. The molecule has 7 nitrogen and oxygen atoms in total. The van der Waals surface area contributed by atoms with Crippen LogP contribution in [0.2, 0.25) is 0 Å². The fraction of sp³-hybridized carbons (Fsp3) is 0.333. The molecule has 1 saturated heterocycles. The molecule has 0 radical (unpaired) electrons. The molecule has 0 atom stereocenters. The Morgan fingerprint density at radius 1 is 1.21 bits per heavy atom. The number of nitrogens with zero attached hydrogens (tertiary/aromatic N) is 5. The van der Waals surface area contributed by atoms with Crippen molar-refractivity contribution in [2.24, 2.45) is 16.6 Å². The highest BCUT2D eigenvalue weighted by Crippen LogP contribution is 2.25. The van der Waals surface area contributed by atoms with Crippen LogP contribution in [0, 0.1) is 12.8 Å². The van der Waals surface area contributed by atoms with Crippen molar-refractivity contribution in [1.82, 2.24) is 24.9 Å². The molecule has 1 aliphatic rings. The van der Waals surface area contributed by atoms with Crippen LogP contribution in [-0.4, -0.2) is 38.4 Å². The summed E-state index contributed by atoms with van der Waals surface area (Å²) in [6, 6.07) is 9.77. The van der Waals surface area contributed by atoms with Crippen LogP contribution in [0.5, 0.6) is 0 Å². The van der Waals surface area contributed by atoms with Gasteiger partial charge in [-0.2, -0.15) is 5.10 Å². The van der Waals surface area contributed by atoms with E-state index in [1.165, 1.54) is 6.33 Å². The van der Waals surface area contributed by atoms with Crippen molar-refractivity contribution in [1.29, 1.82) is 0 Å². The van der Waals surface area contributed by atoms with Crippen LogP contribution < -0.4 is 11.1 Å². The van der Waals surface area contributed by atoms with Crippen LogP contribution in [0.4, 0.5) is 0 Å². The molecule has 1 aliphatic heterocycles. The molecule has 0 unspecified atom stereocenters. The summed E-state index contributed by atoms with van der Waals surface area (Å²) < 4.78 is 1.72. The van der Waals surface area contributed by atoms with E-state index in [2.05, 4.69) is 27.3 Å². The molecule has 0 saturated carbocycles. The Labute approximate surface area is 164 Å². The summed E-state index contributed by atoms with van der Waals surface area (Å²) in [5, 5.41) is 7.62. The molecule has 0 aromatic carbocycles. The van der Waals surface area contributed by atoms with Crippen LogP contribution in [-0.2, 0) is 0 Å². The largest absolute Gasteiger partial charge is 0.396 e. The second kappa shape index (κ2) is 7.90. The zero-order valence-corrected chi connectivity index (χ0v) is 16.3. The number of nitrogens with two attached hydrogens (primary N) is 1. The number of aryl methyl sites for hydroxylation is 1. The van der Waals surface area contributed by atoms with Crippen LogP contribution >= 0.6 is 0 Å². The summed E-state index contributed by atoms with van der Waals surface area (Å²) in [5.41, 5.74) is 12.4. The van der Waals surface area contributed by atoms with Gasteiger partial charge in [0.15, 0.2) is 5.65 Å². The predicted molar refractivity (Wildman–Crippen MR) is 112 cm³/mol. The van der Waals surface area contributed by atoms with Crippen molar-refractivity contribution in [2.45, 2.75) is 26.7 Å². The van der Waals surface area contributed by atoms with E-state index in [-0.39, 0.29) is 0 Å². The van der Waals surface area contributed by atoms with Crippen molar-refractivity contribution in [3.8, 4) is 0 Å². The van der Waals surface area contributed by atoms with Gasteiger partial charge in [0.25, 0.3) is 0 Å². The Balaban J connectivity index is 1.82. The first kappa shape index (κ1) is 18.3. The van der Waals surface area contributed by atoms with Crippen molar-refractivity contribution in [3.63, 3.8) is 0 Å². The third-order valence-electron chi connectivity index (χ3n) is 5.19. The summed E-state index contributed by atoms with van der Waals surface area (Å²) in [7, 11) is 0. The van der Waals surface area contributed by atoms with Gasteiger partial charge in [-0.25, -0.2) is 9.50 Å². The maximum Gasteiger partial charge on any atom is 0.155 e. The molecule has 144 valence electrons. The molecule has 0 bridgehead atoms. The van der Waals surface area contributed by atoms with Gasteiger partial charge in [0.1, 0.15) is 12.0 Å². The number of hydrogen-bond donors (Lipinski definition) is 2. The number of aromatic nitrogens is 4. The van der Waals surface area contributed by atoms with Gasteiger partial charge in [0.05, 0.1) is 11.4 Å².